The van der Waals surface area contributed by atoms with Crippen molar-refractivity contribution in [2.75, 3.05) is 0 Å². The van der Waals surface area contributed by atoms with Gasteiger partial charge in [0.1, 0.15) is 0 Å². The predicted octanol–water partition coefficient (Wildman–Crippen LogP) is 7.43. The van der Waals surface area contributed by atoms with Crippen molar-refractivity contribution in [2.24, 2.45) is 21.7 Å². The quantitative estimate of drug-likeness (QED) is 0.394. The zero-order chi connectivity index (χ0) is 20.0. The lowest BCUT2D eigenvalue weighted by molar-refractivity contribution is -0.333. The van der Waals surface area contributed by atoms with E-state index in [0.29, 0.717) is 6.42 Å². The summed E-state index contributed by atoms with van der Waals surface area (Å²) in [6, 6.07) is 0. The first-order valence-electron chi connectivity index (χ1n) is 8.29. The van der Waals surface area contributed by atoms with Crippen molar-refractivity contribution in [3.05, 3.63) is 0 Å². The van der Waals surface area contributed by atoms with Crippen LogP contribution in [0.4, 0.5) is 26.3 Å². The lowest BCUT2D eigenvalue weighted by atomic mass is 9.51. The average Bonchev–Trinajstić information content (AvgIpc) is 2.37. The summed E-state index contributed by atoms with van der Waals surface area (Å²) < 4.78 is 86.8. The summed E-state index contributed by atoms with van der Waals surface area (Å²) in [6.07, 6.45) is -2.69. The second-order valence-electron chi connectivity index (χ2n) is 9.06. The van der Waals surface area contributed by atoms with Crippen molar-refractivity contribution in [2.45, 2.75) is 93.4 Å². The summed E-state index contributed by atoms with van der Waals surface area (Å²) in [6.45, 7) is 10.5. The van der Waals surface area contributed by atoms with Gasteiger partial charge in [-0.1, -0.05) is 68.7 Å². The van der Waals surface area contributed by atoms with Crippen LogP contribution in [0, 0.1) is 21.7 Å². The van der Waals surface area contributed by atoms with Crippen LogP contribution in [-0.4, -0.2) is 18.3 Å². The largest absolute Gasteiger partial charge is 0.316 e. The molecular weight excluding hydrogens is 330 g/mol. The predicted molar refractivity (Wildman–Crippen MR) is 85.9 cm³/mol. The van der Waals surface area contributed by atoms with E-state index >= 15 is 8.78 Å². The van der Waals surface area contributed by atoms with Crippen LogP contribution in [-0.2, 0) is 0 Å². The van der Waals surface area contributed by atoms with Crippen LogP contribution in [0.3, 0.4) is 0 Å². The fourth-order valence-electron chi connectivity index (χ4n) is 3.07. The molecule has 0 spiro atoms. The third-order valence-corrected chi connectivity index (χ3v) is 6.62. The molecule has 0 saturated carbocycles. The third-order valence-electron chi connectivity index (χ3n) is 6.62. The highest BCUT2D eigenvalue weighted by atomic mass is 19.3. The molecule has 0 rings (SSSR count). The molecule has 0 unspecified atom stereocenters. The molecule has 0 heterocycles. The Morgan fingerprint density at radius 3 is 1.33 bits per heavy atom. The Kier molecular flexibility index (Phi) is 6.27. The minimum Gasteiger partial charge on any atom is -0.210 e. The van der Waals surface area contributed by atoms with Gasteiger partial charge in [0.05, 0.1) is 0 Å². The van der Waals surface area contributed by atoms with E-state index in [4.69, 9.17) is 0 Å². The number of hydrogen-bond acceptors (Lipinski definition) is 0. The van der Waals surface area contributed by atoms with Gasteiger partial charge in [0.25, 0.3) is 0 Å². The molecule has 0 atom stereocenters. The maximum atomic E-state index is 15.1. The van der Waals surface area contributed by atoms with Crippen molar-refractivity contribution in [3.8, 4) is 0 Å². The Morgan fingerprint density at radius 1 is 0.667 bits per heavy atom. The van der Waals surface area contributed by atoms with E-state index in [1.807, 2.05) is 0 Å². The van der Waals surface area contributed by atoms with Gasteiger partial charge >= 0.3 is 11.8 Å². The van der Waals surface area contributed by atoms with Crippen molar-refractivity contribution in [1.82, 2.24) is 0 Å². The molecule has 0 nitrogen and oxygen atoms in total. The van der Waals surface area contributed by atoms with Gasteiger partial charge in [0.15, 0.2) is 0 Å². The number of halogens is 6. The molecule has 0 aliphatic rings. The maximum absolute atomic E-state index is 15.1. The normalized spacial score (nSPS) is 16.0. The van der Waals surface area contributed by atoms with Crippen LogP contribution in [0.25, 0.3) is 0 Å². The minimum absolute atomic E-state index is 0.0929. The van der Waals surface area contributed by atoms with Crippen molar-refractivity contribution in [1.29, 1.82) is 0 Å². The lowest BCUT2D eigenvalue weighted by Crippen LogP contribution is -2.65. The third kappa shape index (κ3) is 3.07. The van der Waals surface area contributed by atoms with E-state index in [0.717, 1.165) is 41.5 Å². The molecule has 0 aromatic heterocycles. The summed E-state index contributed by atoms with van der Waals surface area (Å²) in [5.74, 6) is -8.80. The summed E-state index contributed by atoms with van der Waals surface area (Å²) in [5.41, 5.74) is -7.95. The van der Waals surface area contributed by atoms with Gasteiger partial charge in [-0.05, 0) is 11.8 Å². The molecule has 146 valence electrons. The smallest absolute Gasteiger partial charge is 0.210 e. The fourth-order valence-corrected chi connectivity index (χ4v) is 3.07. The van der Waals surface area contributed by atoms with Crippen molar-refractivity contribution < 1.29 is 26.3 Å². The van der Waals surface area contributed by atoms with Gasteiger partial charge in [-0.15, -0.1) is 0 Å². The van der Waals surface area contributed by atoms with E-state index in [-0.39, 0.29) is 6.42 Å². The zero-order valence-corrected chi connectivity index (χ0v) is 16.3. The molecule has 0 bridgehead atoms. The molecule has 24 heavy (non-hydrogen) atoms. The lowest BCUT2D eigenvalue weighted by Gasteiger charge is -2.57. The molecule has 0 saturated heterocycles. The van der Waals surface area contributed by atoms with Crippen LogP contribution in [0.5, 0.6) is 0 Å². The SMILES string of the molecule is CCCC(C)(C)C(F)(F)C(F)(F)C(C)(C)C(C)(C)C(C)(C)C(F)F. The van der Waals surface area contributed by atoms with Gasteiger partial charge in [-0.2, -0.15) is 17.6 Å². The van der Waals surface area contributed by atoms with Crippen molar-refractivity contribution in [3.63, 3.8) is 0 Å². The highest BCUT2D eigenvalue weighted by Crippen LogP contribution is 2.65. The number of alkyl halides is 6. The van der Waals surface area contributed by atoms with E-state index in [2.05, 4.69) is 0 Å². The second-order valence-corrected chi connectivity index (χ2v) is 9.06. The Balaban J connectivity index is 6.27. The molecule has 0 N–H and O–H groups in total. The minimum atomic E-state index is -4.46. The molecule has 0 radical (unpaired) electrons. The Labute approximate surface area is 142 Å². The summed E-state index contributed by atoms with van der Waals surface area (Å²) >= 11 is 0. The second kappa shape index (κ2) is 6.39. The van der Waals surface area contributed by atoms with E-state index in [1.165, 1.54) is 13.8 Å². The summed E-state index contributed by atoms with van der Waals surface area (Å²) in [7, 11) is 0. The Hall–Kier alpha value is -0.420. The number of rotatable bonds is 8. The molecule has 0 aromatic carbocycles. The first kappa shape index (κ1) is 23.6. The molecule has 0 fully saturated rings. The van der Waals surface area contributed by atoms with Crippen LogP contribution < -0.4 is 0 Å². The standard InChI is InChI=1S/C18H32F6/c1-10-11-13(2,3)17(21,22)18(23,24)16(8,9)15(6,7)14(4,5)12(19)20/h12H,10-11H2,1-9H3. The molecule has 0 aliphatic carbocycles. The first-order chi connectivity index (χ1) is 10.3. The van der Waals surface area contributed by atoms with E-state index in [1.54, 1.807) is 6.92 Å². The van der Waals surface area contributed by atoms with E-state index in [9.17, 15) is 17.6 Å². The van der Waals surface area contributed by atoms with Crippen LogP contribution >= 0.6 is 0 Å². The average molecular weight is 362 g/mol. The van der Waals surface area contributed by atoms with Crippen LogP contribution in [0.2, 0.25) is 0 Å². The Morgan fingerprint density at radius 2 is 1.04 bits per heavy atom. The molecule has 0 aromatic rings. The maximum Gasteiger partial charge on any atom is 0.316 e. The molecule has 0 aliphatic heterocycles. The highest BCUT2D eigenvalue weighted by Gasteiger charge is 2.74. The van der Waals surface area contributed by atoms with Gasteiger partial charge in [0, 0.05) is 16.2 Å². The Bertz CT molecular complexity index is 433. The fraction of sp³-hybridized carbons (Fsp3) is 1.00. The zero-order valence-electron chi connectivity index (χ0n) is 16.3. The van der Waals surface area contributed by atoms with Gasteiger partial charge in [-0.25, -0.2) is 8.78 Å². The topological polar surface area (TPSA) is 0 Å². The molecular formula is C18H32F6. The van der Waals surface area contributed by atoms with Gasteiger partial charge in [-0.3, -0.25) is 0 Å². The monoisotopic (exact) mass is 362 g/mol. The molecule has 0 amide bonds. The number of hydrogen-bond donors (Lipinski definition) is 0. The van der Waals surface area contributed by atoms with Gasteiger partial charge in [0.2, 0.25) is 6.43 Å². The van der Waals surface area contributed by atoms with Crippen molar-refractivity contribution >= 4 is 0 Å². The first-order valence-corrected chi connectivity index (χ1v) is 8.29. The van der Waals surface area contributed by atoms with Crippen LogP contribution in [0.15, 0.2) is 0 Å². The van der Waals surface area contributed by atoms with Crippen LogP contribution in [0.1, 0.15) is 75.2 Å². The van der Waals surface area contributed by atoms with Gasteiger partial charge < -0.3 is 0 Å². The van der Waals surface area contributed by atoms with E-state index < -0.39 is 39.9 Å². The summed E-state index contributed by atoms with van der Waals surface area (Å²) in [5, 5.41) is 0. The summed E-state index contributed by atoms with van der Waals surface area (Å²) in [4.78, 5) is 0. The highest BCUT2D eigenvalue weighted by molar-refractivity contribution is 5.10. The molecule has 6 heteroatoms.